The summed E-state index contributed by atoms with van der Waals surface area (Å²) in [6, 6.07) is 9.12. The van der Waals surface area contributed by atoms with E-state index in [1.165, 1.54) is 26.0 Å². The third kappa shape index (κ3) is 3.22. The fourth-order valence-corrected chi connectivity index (χ4v) is 3.48. The number of hydrogen-bond donors (Lipinski definition) is 1. The van der Waals surface area contributed by atoms with Crippen LogP contribution >= 0.6 is 27.3 Å². The molecule has 1 aromatic heterocycles. The molecule has 0 radical (unpaired) electrons. The van der Waals surface area contributed by atoms with Gasteiger partial charge in [-0.1, -0.05) is 23.8 Å². The van der Waals surface area contributed by atoms with E-state index in [4.69, 9.17) is 0 Å². The quantitative estimate of drug-likeness (QED) is 0.836. The molecule has 0 saturated carbocycles. The summed E-state index contributed by atoms with van der Waals surface area (Å²) in [4.78, 5) is 1.35. The molecule has 0 bridgehead atoms. The monoisotopic (exact) mass is 323 g/mol. The average Bonchev–Trinajstić information content (AvgIpc) is 2.75. The Morgan fingerprint density at radius 1 is 1.28 bits per heavy atom. The first-order valence-electron chi connectivity index (χ1n) is 6.10. The summed E-state index contributed by atoms with van der Waals surface area (Å²) in [6.07, 6.45) is 0. The van der Waals surface area contributed by atoms with Crippen molar-refractivity contribution in [1.29, 1.82) is 0 Å². The summed E-state index contributed by atoms with van der Waals surface area (Å²) >= 11 is 5.35. The molecule has 0 saturated heterocycles. The SMILES string of the molecule is Cc1ccc(C)c(C(C)NCc2sccc2Br)c1. The first-order valence-corrected chi connectivity index (χ1v) is 7.77. The molecule has 96 valence electrons. The highest BCUT2D eigenvalue weighted by molar-refractivity contribution is 9.10. The second-order valence-corrected chi connectivity index (χ2v) is 6.51. The first-order chi connectivity index (χ1) is 8.58. The molecule has 1 nitrogen and oxygen atoms in total. The Morgan fingerprint density at radius 3 is 2.72 bits per heavy atom. The molecule has 3 heteroatoms. The minimum atomic E-state index is 0.374. The molecule has 1 heterocycles. The van der Waals surface area contributed by atoms with Gasteiger partial charge < -0.3 is 5.32 Å². The summed E-state index contributed by atoms with van der Waals surface area (Å²) in [7, 11) is 0. The molecule has 2 rings (SSSR count). The van der Waals surface area contributed by atoms with Crippen LogP contribution in [-0.2, 0) is 6.54 Å². The third-order valence-corrected chi connectivity index (χ3v) is 5.09. The molecule has 0 aliphatic rings. The summed E-state index contributed by atoms with van der Waals surface area (Å²) in [5.74, 6) is 0. The molecule has 0 aliphatic heterocycles. The van der Waals surface area contributed by atoms with Crippen LogP contribution in [0.5, 0.6) is 0 Å². The lowest BCUT2D eigenvalue weighted by Gasteiger charge is -2.17. The van der Waals surface area contributed by atoms with Gasteiger partial charge in [-0.25, -0.2) is 0 Å². The molecule has 1 unspecified atom stereocenters. The van der Waals surface area contributed by atoms with Crippen molar-refractivity contribution in [2.45, 2.75) is 33.4 Å². The Balaban J connectivity index is 2.06. The van der Waals surface area contributed by atoms with Gasteiger partial charge in [0.2, 0.25) is 0 Å². The van der Waals surface area contributed by atoms with Crippen LogP contribution < -0.4 is 5.32 Å². The van der Waals surface area contributed by atoms with E-state index in [9.17, 15) is 0 Å². The van der Waals surface area contributed by atoms with Crippen molar-refractivity contribution in [2.24, 2.45) is 0 Å². The molecule has 2 aromatic rings. The Bertz CT molecular complexity index is 533. The average molecular weight is 324 g/mol. The van der Waals surface area contributed by atoms with Crippen molar-refractivity contribution in [2.75, 3.05) is 0 Å². The van der Waals surface area contributed by atoms with Gasteiger partial charge in [0.05, 0.1) is 0 Å². The minimum absolute atomic E-state index is 0.374. The van der Waals surface area contributed by atoms with Crippen LogP contribution in [0.25, 0.3) is 0 Å². The molecular formula is C15H18BrNS. The van der Waals surface area contributed by atoms with Gasteiger partial charge in [-0.2, -0.15) is 0 Å². The summed E-state index contributed by atoms with van der Waals surface area (Å²) in [5.41, 5.74) is 4.06. The van der Waals surface area contributed by atoms with Gasteiger partial charge in [0.15, 0.2) is 0 Å². The van der Waals surface area contributed by atoms with E-state index in [1.54, 1.807) is 11.3 Å². The number of benzene rings is 1. The van der Waals surface area contributed by atoms with Crippen LogP contribution in [0, 0.1) is 13.8 Å². The van der Waals surface area contributed by atoms with Crippen LogP contribution in [-0.4, -0.2) is 0 Å². The third-order valence-electron chi connectivity index (χ3n) is 3.16. The Labute approximate surface area is 121 Å². The molecule has 0 spiro atoms. The summed E-state index contributed by atoms with van der Waals surface area (Å²) < 4.78 is 1.20. The maximum Gasteiger partial charge on any atom is 0.0327 e. The topological polar surface area (TPSA) is 12.0 Å². The number of hydrogen-bond acceptors (Lipinski definition) is 2. The van der Waals surface area contributed by atoms with Crippen molar-refractivity contribution in [1.82, 2.24) is 5.32 Å². The van der Waals surface area contributed by atoms with Crippen LogP contribution in [0.15, 0.2) is 34.1 Å². The number of rotatable bonds is 4. The zero-order valence-corrected chi connectivity index (χ0v) is 13.4. The normalized spacial score (nSPS) is 12.7. The van der Waals surface area contributed by atoms with E-state index < -0.39 is 0 Å². The standard InChI is InChI=1S/C15H18BrNS/c1-10-4-5-11(2)13(8-10)12(3)17-9-15-14(16)6-7-18-15/h4-8,12,17H,9H2,1-3H3. The van der Waals surface area contributed by atoms with Gasteiger partial charge in [-0.05, 0) is 59.3 Å². The van der Waals surface area contributed by atoms with Crippen molar-refractivity contribution in [3.8, 4) is 0 Å². The Kier molecular flexibility index (Phi) is 4.60. The minimum Gasteiger partial charge on any atom is -0.305 e. The van der Waals surface area contributed by atoms with Gasteiger partial charge in [0.25, 0.3) is 0 Å². The molecule has 1 atom stereocenters. The second kappa shape index (κ2) is 6.00. The van der Waals surface area contributed by atoms with Crippen LogP contribution in [0.3, 0.4) is 0 Å². The largest absolute Gasteiger partial charge is 0.305 e. The fourth-order valence-electron chi connectivity index (χ4n) is 2.03. The van der Waals surface area contributed by atoms with E-state index in [1.807, 2.05) is 0 Å². The smallest absolute Gasteiger partial charge is 0.0327 e. The molecule has 0 aliphatic carbocycles. The Morgan fingerprint density at radius 2 is 2.06 bits per heavy atom. The van der Waals surface area contributed by atoms with Gasteiger partial charge in [0.1, 0.15) is 0 Å². The first kappa shape index (κ1) is 13.8. The maximum atomic E-state index is 3.59. The highest BCUT2D eigenvalue weighted by Crippen LogP contribution is 2.24. The number of thiophene rings is 1. The lowest BCUT2D eigenvalue weighted by atomic mass is 10.00. The lowest BCUT2D eigenvalue weighted by molar-refractivity contribution is 0.575. The molecule has 1 N–H and O–H groups in total. The number of aryl methyl sites for hydroxylation is 2. The van der Waals surface area contributed by atoms with E-state index >= 15 is 0 Å². The molecular weight excluding hydrogens is 306 g/mol. The maximum absolute atomic E-state index is 3.59. The van der Waals surface area contributed by atoms with Crippen LogP contribution in [0.4, 0.5) is 0 Å². The van der Waals surface area contributed by atoms with Crippen molar-refractivity contribution >= 4 is 27.3 Å². The highest BCUT2D eigenvalue weighted by atomic mass is 79.9. The van der Waals surface area contributed by atoms with E-state index in [-0.39, 0.29) is 0 Å². The lowest BCUT2D eigenvalue weighted by Crippen LogP contribution is -2.18. The summed E-state index contributed by atoms with van der Waals surface area (Å²) in [6.45, 7) is 7.45. The number of nitrogens with one attached hydrogen (secondary N) is 1. The summed E-state index contributed by atoms with van der Waals surface area (Å²) in [5, 5.41) is 5.71. The van der Waals surface area contributed by atoms with Gasteiger partial charge in [-0.3, -0.25) is 0 Å². The van der Waals surface area contributed by atoms with Crippen molar-refractivity contribution in [3.05, 3.63) is 55.7 Å². The van der Waals surface area contributed by atoms with E-state index in [0.29, 0.717) is 6.04 Å². The van der Waals surface area contributed by atoms with E-state index in [0.717, 1.165) is 6.54 Å². The zero-order chi connectivity index (χ0) is 13.1. The van der Waals surface area contributed by atoms with Crippen LogP contribution in [0.1, 0.15) is 34.5 Å². The predicted molar refractivity (Wildman–Crippen MR) is 83.2 cm³/mol. The van der Waals surface area contributed by atoms with Crippen molar-refractivity contribution in [3.63, 3.8) is 0 Å². The highest BCUT2D eigenvalue weighted by Gasteiger charge is 2.09. The number of halogens is 1. The predicted octanol–water partition coefficient (Wildman–Crippen LogP) is 4.98. The van der Waals surface area contributed by atoms with Gasteiger partial charge in [0, 0.05) is 21.9 Å². The molecule has 1 aromatic carbocycles. The molecule has 0 fully saturated rings. The van der Waals surface area contributed by atoms with Crippen molar-refractivity contribution < 1.29 is 0 Å². The molecule has 18 heavy (non-hydrogen) atoms. The second-order valence-electron chi connectivity index (χ2n) is 4.65. The fraction of sp³-hybridized carbons (Fsp3) is 0.333. The Hall–Kier alpha value is -0.640. The van der Waals surface area contributed by atoms with Crippen LogP contribution in [0.2, 0.25) is 0 Å². The van der Waals surface area contributed by atoms with E-state index in [2.05, 4.69) is 71.7 Å². The molecule has 0 amide bonds. The zero-order valence-electron chi connectivity index (χ0n) is 11.0. The van der Waals surface area contributed by atoms with Gasteiger partial charge in [-0.15, -0.1) is 11.3 Å². The van der Waals surface area contributed by atoms with Gasteiger partial charge >= 0.3 is 0 Å².